The Morgan fingerprint density at radius 3 is 2.81 bits per heavy atom. The number of aromatic nitrogens is 1. The van der Waals surface area contributed by atoms with E-state index in [9.17, 15) is 10.2 Å². The van der Waals surface area contributed by atoms with Gasteiger partial charge in [-0.1, -0.05) is 15.9 Å². The molecule has 16 heavy (non-hydrogen) atoms. The highest BCUT2D eigenvalue weighted by atomic mass is 79.9. The van der Waals surface area contributed by atoms with Crippen molar-refractivity contribution in [1.29, 1.82) is 0 Å². The predicted octanol–water partition coefficient (Wildman–Crippen LogP) is 0.852. The van der Waals surface area contributed by atoms with E-state index in [1.807, 2.05) is 0 Å². The molecule has 4 N–H and O–H groups in total. The van der Waals surface area contributed by atoms with Gasteiger partial charge in [-0.15, -0.1) is 0 Å². The summed E-state index contributed by atoms with van der Waals surface area (Å²) in [7, 11) is 1.45. The van der Waals surface area contributed by atoms with Crippen LogP contribution in [0.3, 0.4) is 0 Å². The Morgan fingerprint density at radius 2 is 2.25 bits per heavy atom. The molecule has 5 nitrogen and oxygen atoms in total. The van der Waals surface area contributed by atoms with E-state index < -0.39 is 12.2 Å². The zero-order valence-electron chi connectivity index (χ0n) is 8.93. The Kier molecular flexibility index (Phi) is 4.98. The topological polar surface area (TPSA) is 88.6 Å². The van der Waals surface area contributed by atoms with Crippen molar-refractivity contribution in [3.05, 3.63) is 17.8 Å². The van der Waals surface area contributed by atoms with Crippen molar-refractivity contribution in [2.75, 3.05) is 18.2 Å². The molecule has 0 fully saturated rings. The first-order chi connectivity index (χ1) is 7.60. The van der Waals surface area contributed by atoms with Crippen LogP contribution in [0.5, 0.6) is 5.88 Å². The third-order valence-corrected chi connectivity index (χ3v) is 2.64. The zero-order valence-corrected chi connectivity index (χ0v) is 10.5. The molecule has 90 valence electrons. The number of nitrogen functional groups attached to an aromatic ring is 1. The van der Waals surface area contributed by atoms with Crippen LogP contribution in [0.15, 0.2) is 12.3 Å². The van der Waals surface area contributed by atoms with E-state index in [1.54, 1.807) is 6.07 Å². The highest BCUT2D eigenvalue weighted by Gasteiger charge is 2.22. The van der Waals surface area contributed by atoms with Crippen LogP contribution in [0, 0.1) is 0 Å². The molecule has 0 aromatic carbocycles. The molecule has 1 aromatic heterocycles. The van der Waals surface area contributed by atoms with Gasteiger partial charge in [0.25, 0.3) is 0 Å². The van der Waals surface area contributed by atoms with Crippen molar-refractivity contribution < 1.29 is 14.9 Å². The summed E-state index contributed by atoms with van der Waals surface area (Å²) < 4.78 is 5.00. The number of aliphatic hydroxyl groups excluding tert-OH is 2. The number of ether oxygens (including phenoxy) is 1. The molecule has 0 bridgehead atoms. The van der Waals surface area contributed by atoms with Crippen LogP contribution >= 0.6 is 15.9 Å². The summed E-state index contributed by atoms with van der Waals surface area (Å²) in [5, 5.41) is 20.2. The van der Waals surface area contributed by atoms with Crippen LogP contribution in [0.1, 0.15) is 18.1 Å². The molecular formula is C10H15BrN2O3. The lowest BCUT2D eigenvalue weighted by Gasteiger charge is -2.19. The molecular weight excluding hydrogens is 276 g/mol. The summed E-state index contributed by atoms with van der Waals surface area (Å²) >= 11 is 3.20. The minimum absolute atomic E-state index is 0.273. The van der Waals surface area contributed by atoms with Crippen molar-refractivity contribution in [3.8, 4) is 5.88 Å². The molecule has 0 saturated carbocycles. The van der Waals surface area contributed by atoms with Crippen LogP contribution in [0.4, 0.5) is 5.69 Å². The largest absolute Gasteiger partial charge is 0.481 e. The van der Waals surface area contributed by atoms with Crippen LogP contribution in [-0.2, 0) is 0 Å². The van der Waals surface area contributed by atoms with E-state index in [4.69, 9.17) is 10.5 Å². The molecule has 1 rings (SSSR count). The number of nitrogens with two attached hydrogens (primary N) is 1. The number of pyridine rings is 1. The Morgan fingerprint density at radius 1 is 1.56 bits per heavy atom. The van der Waals surface area contributed by atoms with Crippen molar-refractivity contribution in [2.45, 2.75) is 18.6 Å². The summed E-state index contributed by atoms with van der Waals surface area (Å²) in [6.45, 7) is 0. The lowest BCUT2D eigenvalue weighted by atomic mass is 10.0. The lowest BCUT2D eigenvalue weighted by molar-refractivity contribution is 0.0157. The zero-order chi connectivity index (χ0) is 12.1. The highest BCUT2D eigenvalue weighted by Crippen LogP contribution is 2.28. The number of anilines is 1. The molecule has 0 radical (unpaired) electrons. The van der Waals surface area contributed by atoms with Crippen molar-refractivity contribution >= 4 is 21.6 Å². The Bertz CT molecular complexity index is 349. The number of hydrogen-bond acceptors (Lipinski definition) is 5. The van der Waals surface area contributed by atoms with Gasteiger partial charge in [-0.25, -0.2) is 4.98 Å². The summed E-state index contributed by atoms with van der Waals surface area (Å²) in [6, 6.07) is 1.55. The van der Waals surface area contributed by atoms with Gasteiger partial charge in [0.05, 0.1) is 25.1 Å². The van der Waals surface area contributed by atoms with Gasteiger partial charge in [0, 0.05) is 10.9 Å². The number of nitrogens with zero attached hydrogens (tertiary/aromatic N) is 1. The molecule has 0 saturated heterocycles. The second-order valence-corrected chi connectivity index (χ2v) is 4.15. The first-order valence-corrected chi connectivity index (χ1v) is 5.93. The Balaban J connectivity index is 2.96. The van der Waals surface area contributed by atoms with Gasteiger partial charge >= 0.3 is 0 Å². The first-order valence-electron chi connectivity index (χ1n) is 4.81. The molecule has 0 aliphatic rings. The smallest absolute Gasteiger partial charge is 0.219 e. The first kappa shape index (κ1) is 13.2. The molecule has 2 atom stereocenters. The van der Waals surface area contributed by atoms with Crippen molar-refractivity contribution in [3.63, 3.8) is 0 Å². The molecule has 0 amide bonds. The Hall–Kier alpha value is -0.850. The van der Waals surface area contributed by atoms with Crippen molar-refractivity contribution in [1.82, 2.24) is 4.98 Å². The van der Waals surface area contributed by atoms with Gasteiger partial charge in [0.15, 0.2) is 0 Å². The van der Waals surface area contributed by atoms with Gasteiger partial charge < -0.3 is 20.7 Å². The molecule has 0 aliphatic carbocycles. The summed E-state index contributed by atoms with van der Waals surface area (Å²) in [6.07, 6.45) is -0.0641. The van der Waals surface area contributed by atoms with E-state index in [0.717, 1.165) is 0 Å². The third kappa shape index (κ3) is 3.07. The fourth-order valence-electron chi connectivity index (χ4n) is 1.35. The molecule has 2 unspecified atom stereocenters. The number of methoxy groups -OCH3 is 1. The van der Waals surface area contributed by atoms with Gasteiger partial charge in [0.1, 0.15) is 6.10 Å². The SMILES string of the molecule is COc1ncc(N)cc1C(O)C(O)CCBr. The average Bonchev–Trinajstić information content (AvgIpc) is 2.28. The van der Waals surface area contributed by atoms with Gasteiger partial charge in [-0.3, -0.25) is 0 Å². The van der Waals surface area contributed by atoms with Crippen LogP contribution in [-0.4, -0.2) is 33.7 Å². The number of alkyl halides is 1. The lowest BCUT2D eigenvalue weighted by Crippen LogP contribution is -2.19. The monoisotopic (exact) mass is 290 g/mol. The van der Waals surface area contributed by atoms with Crippen molar-refractivity contribution in [2.24, 2.45) is 0 Å². The molecule has 1 heterocycles. The number of halogens is 1. The highest BCUT2D eigenvalue weighted by molar-refractivity contribution is 9.09. The summed E-state index contributed by atoms with van der Waals surface area (Å²) in [5.41, 5.74) is 6.39. The fraction of sp³-hybridized carbons (Fsp3) is 0.500. The van der Waals surface area contributed by atoms with E-state index in [2.05, 4.69) is 20.9 Å². The molecule has 0 spiro atoms. The standard InChI is InChI=1S/C10H15BrN2O3/c1-16-10-7(4-6(12)5-13-10)9(15)8(14)2-3-11/h4-5,8-9,14-15H,2-3,12H2,1H3. The quantitative estimate of drug-likeness (QED) is 0.700. The van der Waals surface area contributed by atoms with E-state index in [-0.39, 0.29) is 5.88 Å². The fourth-order valence-corrected chi connectivity index (χ4v) is 1.81. The maximum absolute atomic E-state index is 9.91. The van der Waals surface area contributed by atoms with E-state index >= 15 is 0 Å². The van der Waals surface area contributed by atoms with Crippen LogP contribution in [0.25, 0.3) is 0 Å². The number of rotatable bonds is 5. The maximum atomic E-state index is 9.91. The normalized spacial score (nSPS) is 14.5. The molecule has 1 aromatic rings. The molecule has 0 aliphatic heterocycles. The van der Waals surface area contributed by atoms with Crippen LogP contribution < -0.4 is 10.5 Å². The predicted molar refractivity (Wildman–Crippen MR) is 64.6 cm³/mol. The average molecular weight is 291 g/mol. The van der Waals surface area contributed by atoms with E-state index in [0.29, 0.717) is 23.0 Å². The number of hydrogen-bond donors (Lipinski definition) is 3. The van der Waals surface area contributed by atoms with Gasteiger partial charge in [-0.05, 0) is 12.5 Å². The minimum atomic E-state index is -1.05. The van der Waals surface area contributed by atoms with Gasteiger partial charge in [-0.2, -0.15) is 0 Å². The van der Waals surface area contributed by atoms with Gasteiger partial charge in [0.2, 0.25) is 5.88 Å². The van der Waals surface area contributed by atoms with E-state index in [1.165, 1.54) is 13.3 Å². The number of aliphatic hydroxyl groups is 2. The third-order valence-electron chi connectivity index (χ3n) is 2.18. The molecule has 6 heteroatoms. The second kappa shape index (κ2) is 6.03. The second-order valence-electron chi connectivity index (χ2n) is 3.36. The Labute approximate surface area is 102 Å². The van der Waals surface area contributed by atoms with Crippen LogP contribution in [0.2, 0.25) is 0 Å². The summed E-state index contributed by atoms with van der Waals surface area (Å²) in [5.74, 6) is 0.273. The summed E-state index contributed by atoms with van der Waals surface area (Å²) in [4.78, 5) is 3.93. The minimum Gasteiger partial charge on any atom is -0.481 e. The maximum Gasteiger partial charge on any atom is 0.219 e.